The zero-order valence-corrected chi connectivity index (χ0v) is 25.4. The van der Waals surface area contributed by atoms with Crippen molar-refractivity contribution >= 4 is 86.9 Å². The highest BCUT2D eigenvalue weighted by Crippen LogP contribution is 2.65. The molecule has 0 bridgehead atoms. The van der Waals surface area contributed by atoms with Gasteiger partial charge in [0.05, 0.1) is 16.5 Å². The molecule has 2 atom stereocenters. The van der Waals surface area contributed by atoms with Crippen LogP contribution in [0.2, 0.25) is 15.1 Å². The molecule has 41 heavy (non-hydrogen) atoms. The Morgan fingerprint density at radius 3 is 2.17 bits per heavy atom. The lowest BCUT2D eigenvalue weighted by molar-refractivity contribution is -0.117. The summed E-state index contributed by atoms with van der Waals surface area (Å²) in [5, 5.41) is 10.2. The van der Waals surface area contributed by atoms with Crippen molar-refractivity contribution in [3.63, 3.8) is 0 Å². The predicted octanol–water partition coefficient (Wildman–Crippen LogP) is 9.35. The summed E-state index contributed by atoms with van der Waals surface area (Å²) in [4.78, 5) is 26.3. The zero-order chi connectivity index (χ0) is 29.3. The molecule has 2 amide bonds. The first kappa shape index (κ1) is 29.6. The van der Waals surface area contributed by atoms with Crippen LogP contribution in [0.4, 0.5) is 17.1 Å². The Morgan fingerprint density at radius 2 is 1.49 bits per heavy atom. The van der Waals surface area contributed by atoms with Gasteiger partial charge in [0.1, 0.15) is 4.33 Å². The predicted molar refractivity (Wildman–Crippen MR) is 170 cm³/mol. The van der Waals surface area contributed by atoms with Crippen LogP contribution >= 0.6 is 58.0 Å². The van der Waals surface area contributed by atoms with Gasteiger partial charge in [-0.25, -0.2) is 0 Å². The van der Waals surface area contributed by atoms with Gasteiger partial charge in [0, 0.05) is 39.6 Å². The molecule has 4 aromatic rings. The van der Waals surface area contributed by atoms with Gasteiger partial charge in [0.25, 0.3) is 5.91 Å². The number of carbonyl (C=O) groups excluding carboxylic acids is 2. The Labute approximate surface area is 263 Å². The van der Waals surface area contributed by atoms with Crippen molar-refractivity contribution in [1.29, 1.82) is 0 Å². The van der Waals surface area contributed by atoms with Crippen LogP contribution in [-0.4, -0.2) is 16.1 Å². The third-order valence-electron chi connectivity index (χ3n) is 6.87. The van der Waals surface area contributed by atoms with Crippen LogP contribution in [-0.2, 0) is 11.3 Å². The van der Waals surface area contributed by atoms with E-state index < -0.39 is 28.0 Å². The molecule has 0 saturated heterocycles. The van der Waals surface area contributed by atoms with Gasteiger partial charge in [0.15, 0.2) is 0 Å². The minimum Gasteiger partial charge on any atom is -0.381 e. The van der Waals surface area contributed by atoms with E-state index in [1.807, 2.05) is 43.3 Å². The van der Waals surface area contributed by atoms with E-state index in [4.69, 9.17) is 58.0 Å². The number of anilines is 3. The van der Waals surface area contributed by atoms with Crippen molar-refractivity contribution in [2.24, 2.45) is 5.92 Å². The largest absolute Gasteiger partial charge is 0.381 e. The van der Waals surface area contributed by atoms with Crippen LogP contribution in [0.15, 0.2) is 84.9 Å². The number of nitrogens with one attached hydrogen (secondary N) is 3. The Hall–Kier alpha value is -2.93. The second-order valence-electron chi connectivity index (χ2n) is 9.84. The maximum absolute atomic E-state index is 13.2. The molecule has 0 aromatic heterocycles. The standard InChI is InChI=1S/C31H24Cl5N3O2/c1-17-11-22(37-16-18-5-3-2-4-6-18)8-10-26(17)39-29(40)24-15-23(7-9-25(24)34)38-30(41)28-27(31(28,35)36)19-12-20(32)14-21(33)13-19/h2-15,27-28,37H,16H2,1H3,(H,38,41)(H,39,40)/t27-,28+/m0/s1. The van der Waals surface area contributed by atoms with E-state index in [1.165, 1.54) is 6.07 Å². The smallest absolute Gasteiger partial charge is 0.257 e. The average Bonchev–Trinajstić information content (AvgIpc) is 3.52. The lowest BCUT2D eigenvalue weighted by atomic mass is 10.1. The van der Waals surface area contributed by atoms with Gasteiger partial charge in [-0.05, 0) is 78.2 Å². The molecule has 0 aliphatic heterocycles. The molecule has 210 valence electrons. The molecule has 0 radical (unpaired) electrons. The van der Waals surface area contributed by atoms with Gasteiger partial charge in [-0.1, -0.05) is 65.1 Å². The summed E-state index contributed by atoms with van der Waals surface area (Å²) in [5.41, 5.74) is 4.85. The minimum absolute atomic E-state index is 0.201. The van der Waals surface area contributed by atoms with Crippen molar-refractivity contribution in [1.82, 2.24) is 0 Å². The second kappa shape index (κ2) is 12.1. The first-order chi connectivity index (χ1) is 19.5. The molecular formula is C31H24Cl5N3O2. The lowest BCUT2D eigenvalue weighted by Gasteiger charge is -2.13. The van der Waals surface area contributed by atoms with Crippen molar-refractivity contribution in [2.75, 3.05) is 16.0 Å². The van der Waals surface area contributed by atoms with Crippen LogP contribution < -0.4 is 16.0 Å². The summed E-state index contributed by atoms with van der Waals surface area (Å²) in [5.74, 6) is -2.06. The molecule has 0 heterocycles. The van der Waals surface area contributed by atoms with E-state index in [9.17, 15) is 9.59 Å². The number of aryl methyl sites for hydroxylation is 1. The fraction of sp³-hybridized carbons (Fsp3) is 0.161. The van der Waals surface area contributed by atoms with Crippen LogP contribution in [0, 0.1) is 12.8 Å². The highest BCUT2D eigenvalue weighted by molar-refractivity contribution is 6.53. The van der Waals surface area contributed by atoms with Crippen LogP contribution in [0.5, 0.6) is 0 Å². The van der Waals surface area contributed by atoms with Gasteiger partial charge in [-0.15, -0.1) is 23.2 Å². The summed E-state index contributed by atoms with van der Waals surface area (Å²) < 4.78 is -1.33. The van der Waals surface area contributed by atoms with E-state index >= 15 is 0 Å². The van der Waals surface area contributed by atoms with Gasteiger partial charge >= 0.3 is 0 Å². The van der Waals surface area contributed by atoms with Gasteiger partial charge in [-0.3, -0.25) is 9.59 Å². The summed E-state index contributed by atoms with van der Waals surface area (Å²) >= 11 is 31.6. The molecule has 0 spiro atoms. The van der Waals surface area contributed by atoms with Gasteiger partial charge in [0.2, 0.25) is 5.91 Å². The quantitative estimate of drug-likeness (QED) is 0.167. The molecule has 1 saturated carbocycles. The molecule has 4 aromatic carbocycles. The van der Waals surface area contributed by atoms with Gasteiger partial charge < -0.3 is 16.0 Å². The number of rotatable bonds is 8. The molecule has 5 nitrogen and oxygen atoms in total. The number of halogens is 5. The van der Waals surface area contributed by atoms with E-state index in [0.717, 1.165) is 16.8 Å². The summed E-state index contributed by atoms with van der Waals surface area (Å²) in [6.45, 7) is 2.59. The molecular weight excluding hydrogens is 624 g/mol. The van der Waals surface area contributed by atoms with E-state index in [1.54, 1.807) is 30.3 Å². The van der Waals surface area contributed by atoms with Crippen LogP contribution in [0.3, 0.4) is 0 Å². The van der Waals surface area contributed by atoms with Crippen molar-refractivity contribution in [2.45, 2.75) is 23.7 Å². The molecule has 10 heteroatoms. The topological polar surface area (TPSA) is 70.2 Å². The van der Waals surface area contributed by atoms with Gasteiger partial charge in [-0.2, -0.15) is 0 Å². The Morgan fingerprint density at radius 1 is 0.805 bits per heavy atom. The number of alkyl halides is 2. The van der Waals surface area contributed by atoms with Crippen molar-refractivity contribution < 1.29 is 9.59 Å². The minimum atomic E-state index is -1.33. The maximum atomic E-state index is 13.2. The van der Waals surface area contributed by atoms with Crippen LogP contribution in [0.25, 0.3) is 0 Å². The number of benzene rings is 4. The number of hydrogen-bond donors (Lipinski definition) is 3. The number of amides is 2. The molecule has 5 rings (SSSR count). The Balaban J connectivity index is 1.25. The molecule has 1 aliphatic rings. The highest BCUT2D eigenvalue weighted by atomic mass is 35.5. The summed E-state index contributed by atoms with van der Waals surface area (Å²) in [6, 6.07) is 25.4. The number of carbonyl (C=O) groups is 2. The SMILES string of the molecule is Cc1cc(NCc2ccccc2)ccc1NC(=O)c1cc(NC(=O)[C@H]2[C@H](c3cc(Cl)cc(Cl)c3)C2(Cl)Cl)ccc1Cl. The fourth-order valence-corrected chi connectivity index (χ4v) is 6.30. The summed E-state index contributed by atoms with van der Waals surface area (Å²) in [7, 11) is 0. The molecule has 1 fully saturated rings. The fourth-order valence-electron chi connectivity index (χ4n) is 4.72. The first-order valence-electron chi connectivity index (χ1n) is 12.7. The van der Waals surface area contributed by atoms with Crippen molar-refractivity contribution in [3.8, 4) is 0 Å². The molecule has 0 unspecified atom stereocenters. The Bertz CT molecular complexity index is 1610. The zero-order valence-electron chi connectivity index (χ0n) is 21.7. The van der Waals surface area contributed by atoms with Crippen molar-refractivity contribution in [3.05, 3.63) is 122 Å². The second-order valence-corrected chi connectivity index (χ2v) is 12.6. The summed E-state index contributed by atoms with van der Waals surface area (Å²) in [6.07, 6.45) is 0. The molecule has 1 aliphatic carbocycles. The highest BCUT2D eigenvalue weighted by Gasteiger charge is 2.67. The molecule has 3 N–H and O–H groups in total. The maximum Gasteiger partial charge on any atom is 0.257 e. The Kier molecular flexibility index (Phi) is 8.74. The average molecular weight is 648 g/mol. The normalized spacial score (nSPS) is 17.0. The van der Waals surface area contributed by atoms with Crippen LogP contribution in [0.1, 0.15) is 33.0 Å². The monoisotopic (exact) mass is 645 g/mol. The lowest BCUT2D eigenvalue weighted by Crippen LogP contribution is -2.18. The van der Waals surface area contributed by atoms with E-state index in [0.29, 0.717) is 33.5 Å². The first-order valence-corrected chi connectivity index (χ1v) is 14.6. The van der Waals surface area contributed by atoms with E-state index in [2.05, 4.69) is 28.1 Å². The third-order valence-corrected chi connectivity index (χ3v) is 8.58. The van der Waals surface area contributed by atoms with E-state index in [-0.39, 0.29) is 10.6 Å². The third kappa shape index (κ3) is 6.77. The number of hydrogen-bond acceptors (Lipinski definition) is 3.